The number of alkyl halides is 1. The Kier molecular flexibility index (Phi) is 3.49. The molecule has 0 spiro atoms. The van der Waals surface area contributed by atoms with Gasteiger partial charge >= 0.3 is 0 Å². The Morgan fingerprint density at radius 3 is 2.76 bits per heavy atom. The summed E-state index contributed by atoms with van der Waals surface area (Å²) >= 11 is 6.42. The van der Waals surface area contributed by atoms with Crippen molar-refractivity contribution in [1.29, 1.82) is 0 Å². The van der Waals surface area contributed by atoms with Crippen LogP contribution in [0.1, 0.15) is 38.9 Å². The third kappa shape index (κ3) is 2.33. The van der Waals surface area contributed by atoms with E-state index in [9.17, 15) is 4.79 Å². The Bertz CT molecular complexity index is 708. The SMILES string of the molecule is Cc1nn(C)c(C)c1C(=O)NC1c2ccccc2CC1Cl. The number of aromatic nitrogens is 2. The Labute approximate surface area is 129 Å². The van der Waals surface area contributed by atoms with E-state index in [4.69, 9.17) is 11.6 Å². The van der Waals surface area contributed by atoms with Crippen molar-refractivity contribution in [2.45, 2.75) is 31.7 Å². The molecule has 5 heteroatoms. The second-order valence-electron chi connectivity index (χ2n) is 5.54. The Morgan fingerprint density at radius 2 is 2.10 bits per heavy atom. The van der Waals surface area contributed by atoms with Crippen LogP contribution >= 0.6 is 11.6 Å². The van der Waals surface area contributed by atoms with E-state index in [1.54, 1.807) is 4.68 Å². The number of hydrogen-bond donors (Lipinski definition) is 1. The van der Waals surface area contributed by atoms with E-state index in [0.29, 0.717) is 5.56 Å². The van der Waals surface area contributed by atoms with Crippen molar-refractivity contribution in [3.8, 4) is 0 Å². The molecule has 1 aliphatic carbocycles. The number of amides is 1. The molecule has 2 atom stereocenters. The maximum atomic E-state index is 12.6. The van der Waals surface area contributed by atoms with Crippen LogP contribution in [0, 0.1) is 13.8 Å². The molecule has 0 radical (unpaired) electrons. The zero-order valence-corrected chi connectivity index (χ0v) is 13.1. The number of hydrogen-bond acceptors (Lipinski definition) is 2. The zero-order chi connectivity index (χ0) is 15.1. The topological polar surface area (TPSA) is 46.9 Å². The summed E-state index contributed by atoms with van der Waals surface area (Å²) in [6.45, 7) is 3.75. The normalized spacial score (nSPS) is 20.4. The molecule has 0 saturated heterocycles. The van der Waals surface area contributed by atoms with Gasteiger partial charge in [-0.3, -0.25) is 9.48 Å². The van der Waals surface area contributed by atoms with Gasteiger partial charge in [-0.2, -0.15) is 5.10 Å². The van der Waals surface area contributed by atoms with E-state index in [2.05, 4.69) is 16.5 Å². The molecule has 3 rings (SSSR count). The molecule has 2 unspecified atom stereocenters. The molecule has 1 heterocycles. The minimum absolute atomic E-state index is 0.106. The number of rotatable bonds is 2. The van der Waals surface area contributed by atoms with Crippen molar-refractivity contribution < 1.29 is 4.79 Å². The summed E-state index contributed by atoms with van der Waals surface area (Å²) in [5.74, 6) is -0.106. The predicted octanol–water partition coefficient (Wildman–Crippen LogP) is 2.67. The van der Waals surface area contributed by atoms with Crippen LogP contribution in [0.2, 0.25) is 0 Å². The second-order valence-corrected chi connectivity index (χ2v) is 6.10. The lowest BCUT2D eigenvalue weighted by molar-refractivity contribution is 0.0936. The van der Waals surface area contributed by atoms with Crippen LogP contribution in [0.5, 0.6) is 0 Å². The highest BCUT2D eigenvalue weighted by atomic mass is 35.5. The summed E-state index contributed by atoms with van der Waals surface area (Å²) in [5.41, 5.74) is 4.57. The van der Waals surface area contributed by atoms with Crippen molar-refractivity contribution in [3.05, 3.63) is 52.3 Å². The standard InChI is InChI=1S/C16H18ClN3O/c1-9-14(10(2)20(3)19-9)16(21)18-15-12-7-5-4-6-11(12)8-13(15)17/h4-7,13,15H,8H2,1-3H3,(H,18,21). The van der Waals surface area contributed by atoms with E-state index < -0.39 is 0 Å². The number of aryl methyl sites for hydroxylation is 2. The molecular formula is C16H18ClN3O. The molecule has 1 amide bonds. The van der Waals surface area contributed by atoms with E-state index in [1.807, 2.05) is 39.1 Å². The molecule has 1 aromatic carbocycles. The van der Waals surface area contributed by atoms with E-state index in [1.165, 1.54) is 5.56 Å². The number of nitrogens with zero attached hydrogens (tertiary/aromatic N) is 2. The second kappa shape index (κ2) is 5.19. The summed E-state index contributed by atoms with van der Waals surface area (Å²) in [4.78, 5) is 12.6. The fraction of sp³-hybridized carbons (Fsp3) is 0.375. The van der Waals surface area contributed by atoms with Crippen molar-refractivity contribution in [2.75, 3.05) is 0 Å². The van der Waals surface area contributed by atoms with Gasteiger partial charge in [-0.1, -0.05) is 24.3 Å². The van der Waals surface area contributed by atoms with Crippen LogP contribution in [-0.2, 0) is 13.5 Å². The molecule has 4 nitrogen and oxygen atoms in total. The minimum Gasteiger partial charge on any atom is -0.344 e. The first kappa shape index (κ1) is 14.1. The number of carbonyl (C=O) groups excluding carboxylic acids is 1. The molecule has 1 aromatic heterocycles. The molecule has 0 fully saturated rings. The van der Waals surface area contributed by atoms with Gasteiger partial charge in [0.05, 0.1) is 22.7 Å². The summed E-state index contributed by atoms with van der Waals surface area (Å²) < 4.78 is 1.73. The van der Waals surface area contributed by atoms with Crippen LogP contribution in [-0.4, -0.2) is 21.1 Å². The van der Waals surface area contributed by atoms with E-state index in [-0.39, 0.29) is 17.3 Å². The lowest BCUT2D eigenvalue weighted by Crippen LogP contribution is -2.32. The van der Waals surface area contributed by atoms with Gasteiger partial charge in [0.2, 0.25) is 0 Å². The summed E-state index contributed by atoms with van der Waals surface area (Å²) in [6, 6.07) is 7.94. The highest BCUT2D eigenvalue weighted by Crippen LogP contribution is 2.35. The van der Waals surface area contributed by atoms with Gasteiger partial charge in [-0.15, -0.1) is 11.6 Å². The van der Waals surface area contributed by atoms with E-state index in [0.717, 1.165) is 23.4 Å². The van der Waals surface area contributed by atoms with E-state index >= 15 is 0 Å². The Morgan fingerprint density at radius 1 is 1.38 bits per heavy atom. The molecule has 2 aromatic rings. The first-order chi connectivity index (χ1) is 9.99. The third-order valence-corrected chi connectivity index (χ3v) is 4.60. The monoisotopic (exact) mass is 303 g/mol. The average Bonchev–Trinajstić information content (AvgIpc) is 2.88. The summed E-state index contributed by atoms with van der Waals surface area (Å²) in [5, 5.41) is 7.26. The summed E-state index contributed by atoms with van der Waals surface area (Å²) in [7, 11) is 1.84. The molecule has 0 aliphatic heterocycles. The number of carbonyl (C=O) groups is 1. The van der Waals surface area contributed by atoms with Gasteiger partial charge in [0.15, 0.2) is 0 Å². The fourth-order valence-electron chi connectivity index (χ4n) is 3.03. The molecule has 0 saturated carbocycles. The zero-order valence-electron chi connectivity index (χ0n) is 12.4. The Balaban J connectivity index is 1.89. The van der Waals surface area contributed by atoms with Crippen LogP contribution in [0.15, 0.2) is 24.3 Å². The lowest BCUT2D eigenvalue weighted by Gasteiger charge is -2.17. The molecule has 0 bridgehead atoms. The average molecular weight is 304 g/mol. The fourth-order valence-corrected chi connectivity index (χ4v) is 3.40. The highest BCUT2D eigenvalue weighted by molar-refractivity contribution is 6.21. The largest absolute Gasteiger partial charge is 0.344 e. The summed E-state index contributed by atoms with van der Waals surface area (Å²) in [6.07, 6.45) is 0.785. The number of nitrogens with one attached hydrogen (secondary N) is 1. The van der Waals surface area contributed by atoms with Gasteiger partial charge in [0.1, 0.15) is 0 Å². The van der Waals surface area contributed by atoms with Gasteiger partial charge in [-0.05, 0) is 31.4 Å². The number of benzene rings is 1. The van der Waals surface area contributed by atoms with Crippen LogP contribution in [0.25, 0.3) is 0 Å². The minimum atomic E-state index is -0.144. The Hall–Kier alpha value is -1.81. The first-order valence-corrected chi connectivity index (χ1v) is 7.45. The maximum absolute atomic E-state index is 12.6. The van der Waals surface area contributed by atoms with Crippen molar-refractivity contribution in [3.63, 3.8) is 0 Å². The molecule has 110 valence electrons. The molecular weight excluding hydrogens is 286 g/mol. The van der Waals surface area contributed by atoms with Gasteiger partial charge in [0.25, 0.3) is 5.91 Å². The van der Waals surface area contributed by atoms with Crippen LogP contribution < -0.4 is 5.32 Å². The van der Waals surface area contributed by atoms with Crippen molar-refractivity contribution >= 4 is 17.5 Å². The van der Waals surface area contributed by atoms with Gasteiger partial charge < -0.3 is 5.32 Å². The smallest absolute Gasteiger partial charge is 0.255 e. The molecule has 1 aliphatic rings. The molecule has 21 heavy (non-hydrogen) atoms. The predicted molar refractivity (Wildman–Crippen MR) is 82.7 cm³/mol. The third-order valence-electron chi connectivity index (χ3n) is 4.19. The quantitative estimate of drug-likeness (QED) is 0.867. The van der Waals surface area contributed by atoms with Gasteiger partial charge in [-0.25, -0.2) is 0 Å². The first-order valence-electron chi connectivity index (χ1n) is 7.02. The lowest BCUT2D eigenvalue weighted by atomic mass is 10.1. The number of halogens is 1. The number of fused-ring (bicyclic) bond motifs is 1. The van der Waals surface area contributed by atoms with Crippen LogP contribution in [0.3, 0.4) is 0 Å². The van der Waals surface area contributed by atoms with Crippen molar-refractivity contribution in [1.82, 2.24) is 15.1 Å². The maximum Gasteiger partial charge on any atom is 0.255 e. The van der Waals surface area contributed by atoms with Crippen molar-refractivity contribution in [2.24, 2.45) is 7.05 Å². The molecule has 1 N–H and O–H groups in total. The van der Waals surface area contributed by atoms with Crippen LogP contribution in [0.4, 0.5) is 0 Å². The highest BCUT2D eigenvalue weighted by Gasteiger charge is 2.33. The van der Waals surface area contributed by atoms with Gasteiger partial charge in [0, 0.05) is 12.7 Å².